The number of carbonyl (C=O) groups is 2. The summed E-state index contributed by atoms with van der Waals surface area (Å²) < 4.78 is 6.55. The first-order chi connectivity index (χ1) is 10.0. The van der Waals surface area contributed by atoms with Gasteiger partial charge in [-0.05, 0) is 19.1 Å². The van der Waals surface area contributed by atoms with Gasteiger partial charge in [0.25, 0.3) is 0 Å². The lowest BCUT2D eigenvalue weighted by Crippen LogP contribution is -2.14. The second-order valence-corrected chi connectivity index (χ2v) is 5.43. The van der Waals surface area contributed by atoms with Crippen molar-refractivity contribution in [2.75, 3.05) is 12.4 Å². The molecule has 0 atom stereocenters. The van der Waals surface area contributed by atoms with Crippen LogP contribution in [0.15, 0.2) is 23.4 Å². The van der Waals surface area contributed by atoms with E-state index in [-0.39, 0.29) is 18.9 Å². The van der Waals surface area contributed by atoms with Crippen molar-refractivity contribution in [1.29, 1.82) is 0 Å². The number of hydrogen-bond acceptors (Lipinski definition) is 5. The van der Waals surface area contributed by atoms with Crippen molar-refractivity contribution in [2.45, 2.75) is 18.6 Å². The molecule has 6 nitrogen and oxygen atoms in total. The number of benzene rings is 1. The Morgan fingerprint density at radius 1 is 1.48 bits per heavy atom. The minimum absolute atomic E-state index is 0.0351. The molecule has 0 unspecified atom stereocenters. The van der Waals surface area contributed by atoms with Crippen molar-refractivity contribution in [2.24, 2.45) is 0 Å². The largest absolute Gasteiger partial charge is 0.481 e. The zero-order valence-corrected chi connectivity index (χ0v) is 12.8. The van der Waals surface area contributed by atoms with Crippen molar-refractivity contribution < 1.29 is 19.4 Å². The predicted octanol–water partition coefficient (Wildman–Crippen LogP) is 2.43. The normalized spacial score (nSPS) is 10.8. The van der Waals surface area contributed by atoms with Crippen LogP contribution in [-0.4, -0.2) is 39.0 Å². The standard InChI is InChI=1S/C13H13ClN2O4S/c1-2-20-11(19)6-16-9-5-3-4-8(14)12(9)15-13(16)21-7-10(17)18/h3-5H,2,6-7H2,1H3,(H,17,18). The smallest absolute Gasteiger partial charge is 0.326 e. The van der Waals surface area contributed by atoms with E-state index in [2.05, 4.69) is 4.98 Å². The Morgan fingerprint density at radius 3 is 2.90 bits per heavy atom. The summed E-state index contributed by atoms with van der Waals surface area (Å²) in [5, 5.41) is 9.66. The molecule has 0 saturated carbocycles. The van der Waals surface area contributed by atoms with Crippen LogP contribution in [0, 0.1) is 0 Å². The van der Waals surface area contributed by atoms with Gasteiger partial charge in [0.15, 0.2) is 5.16 Å². The molecule has 0 bridgehead atoms. The lowest BCUT2D eigenvalue weighted by molar-refractivity contribution is -0.143. The van der Waals surface area contributed by atoms with Crippen LogP contribution in [0.3, 0.4) is 0 Å². The van der Waals surface area contributed by atoms with Crippen LogP contribution in [0.2, 0.25) is 5.02 Å². The Labute approximate surface area is 130 Å². The van der Waals surface area contributed by atoms with E-state index in [1.807, 2.05) is 0 Å². The third-order valence-corrected chi connectivity index (χ3v) is 3.88. The zero-order valence-electron chi connectivity index (χ0n) is 11.2. The quantitative estimate of drug-likeness (QED) is 0.648. The van der Waals surface area contributed by atoms with Gasteiger partial charge in [-0.2, -0.15) is 0 Å². The summed E-state index contributed by atoms with van der Waals surface area (Å²) in [6, 6.07) is 5.22. The average Bonchev–Trinajstić information content (AvgIpc) is 2.76. The highest BCUT2D eigenvalue weighted by Crippen LogP contribution is 2.28. The maximum Gasteiger partial charge on any atom is 0.326 e. The number of nitrogens with zero attached hydrogens (tertiary/aromatic N) is 2. The van der Waals surface area contributed by atoms with E-state index < -0.39 is 11.9 Å². The van der Waals surface area contributed by atoms with Crippen molar-refractivity contribution in [3.05, 3.63) is 23.2 Å². The molecule has 112 valence electrons. The fourth-order valence-corrected chi connectivity index (χ4v) is 2.76. The van der Waals surface area contributed by atoms with Crippen LogP contribution >= 0.6 is 23.4 Å². The van der Waals surface area contributed by atoms with E-state index in [1.54, 1.807) is 29.7 Å². The molecule has 0 aliphatic carbocycles. The number of esters is 1. The number of rotatable bonds is 6. The van der Waals surface area contributed by atoms with Gasteiger partial charge in [-0.1, -0.05) is 29.4 Å². The van der Waals surface area contributed by atoms with Crippen molar-refractivity contribution in [3.63, 3.8) is 0 Å². The highest BCUT2D eigenvalue weighted by molar-refractivity contribution is 7.99. The van der Waals surface area contributed by atoms with Crippen LogP contribution in [0.4, 0.5) is 0 Å². The molecule has 1 aromatic carbocycles. The fourth-order valence-electron chi connectivity index (χ4n) is 1.82. The Kier molecular flexibility index (Phi) is 5.08. The molecule has 0 radical (unpaired) electrons. The molecule has 0 aliphatic heterocycles. The second-order valence-electron chi connectivity index (χ2n) is 4.08. The second kappa shape index (κ2) is 6.82. The highest BCUT2D eigenvalue weighted by atomic mass is 35.5. The van der Waals surface area contributed by atoms with E-state index in [9.17, 15) is 9.59 Å². The lowest BCUT2D eigenvalue weighted by atomic mass is 10.3. The molecule has 0 fully saturated rings. The lowest BCUT2D eigenvalue weighted by Gasteiger charge is -2.07. The Bertz CT molecular complexity index is 686. The molecule has 0 saturated heterocycles. The van der Waals surface area contributed by atoms with E-state index in [1.165, 1.54) is 0 Å². The SMILES string of the molecule is CCOC(=O)Cn1c(SCC(=O)O)nc2c(Cl)cccc21. The van der Waals surface area contributed by atoms with Crippen molar-refractivity contribution in [1.82, 2.24) is 9.55 Å². The van der Waals surface area contributed by atoms with Crippen molar-refractivity contribution in [3.8, 4) is 0 Å². The van der Waals surface area contributed by atoms with E-state index in [0.29, 0.717) is 21.2 Å². The summed E-state index contributed by atoms with van der Waals surface area (Å²) in [5.74, 6) is -1.51. The zero-order chi connectivity index (χ0) is 15.4. The minimum Gasteiger partial charge on any atom is -0.481 e. The van der Waals surface area contributed by atoms with Crippen LogP contribution in [-0.2, 0) is 20.9 Å². The molecule has 1 heterocycles. The Balaban J connectivity index is 2.42. The van der Waals surface area contributed by atoms with Gasteiger partial charge in [0.05, 0.1) is 22.9 Å². The number of carboxylic acids is 1. The van der Waals surface area contributed by atoms with Gasteiger partial charge < -0.3 is 14.4 Å². The van der Waals surface area contributed by atoms with Gasteiger partial charge >= 0.3 is 11.9 Å². The van der Waals surface area contributed by atoms with Gasteiger partial charge in [-0.3, -0.25) is 9.59 Å². The maximum absolute atomic E-state index is 11.7. The first-order valence-electron chi connectivity index (χ1n) is 6.18. The molecule has 0 spiro atoms. The number of aliphatic carboxylic acids is 1. The number of imidazole rings is 1. The van der Waals surface area contributed by atoms with Crippen molar-refractivity contribution >= 4 is 46.3 Å². The summed E-state index contributed by atoms with van der Waals surface area (Å²) in [5.41, 5.74) is 1.21. The monoisotopic (exact) mass is 328 g/mol. The summed E-state index contributed by atoms with van der Waals surface area (Å²) in [7, 11) is 0. The maximum atomic E-state index is 11.7. The number of carbonyl (C=O) groups excluding carboxylic acids is 1. The van der Waals surface area contributed by atoms with E-state index in [0.717, 1.165) is 11.8 Å². The first-order valence-corrected chi connectivity index (χ1v) is 7.54. The number of halogens is 1. The number of thioether (sulfide) groups is 1. The summed E-state index contributed by atoms with van der Waals surface area (Å²) >= 11 is 7.12. The minimum atomic E-state index is -0.958. The first kappa shape index (κ1) is 15.7. The third-order valence-electron chi connectivity index (χ3n) is 2.61. The summed E-state index contributed by atoms with van der Waals surface area (Å²) in [6.45, 7) is 1.97. The number of aromatic nitrogens is 2. The molecule has 8 heteroatoms. The molecule has 2 rings (SSSR count). The Morgan fingerprint density at radius 2 is 2.24 bits per heavy atom. The Hall–Kier alpha value is -1.73. The molecule has 0 aliphatic rings. The number of para-hydroxylation sites is 1. The topological polar surface area (TPSA) is 81.4 Å². The van der Waals surface area contributed by atoms with E-state index in [4.69, 9.17) is 21.4 Å². The van der Waals surface area contributed by atoms with Gasteiger partial charge in [0.2, 0.25) is 0 Å². The van der Waals surface area contributed by atoms with Crippen LogP contribution in [0.25, 0.3) is 11.0 Å². The predicted molar refractivity (Wildman–Crippen MR) is 79.7 cm³/mol. The van der Waals surface area contributed by atoms with Gasteiger partial charge in [0, 0.05) is 0 Å². The molecular weight excluding hydrogens is 316 g/mol. The molecular formula is C13H13ClN2O4S. The third kappa shape index (κ3) is 3.68. The molecule has 2 aromatic rings. The van der Waals surface area contributed by atoms with Crippen LogP contribution in [0.5, 0.6) is 0 Å². The summed E-state index contributed by atoms with van der Waals surface area (Å²) in [6.07, 6.45) is 0. The number of hydrogen-bond donors (Lipinski definition) is 1. The van der Waals surface area contributed by atoms with Crippen LogP contribution in [0.1, 0.15) is 6.92 Å². The number of fused-ring (bicyclic) bond motifs is 1. The van der Waals surface area contributed by atoms with Gasteiger partial charge in [-0.25, -0.2) is 4.98 Å². The van der Waals surface area contributed by atoms with Gasteiger partial charge in [-0.15, -0.1) is 0 Å². The number of ether oxygens (including phenoxy) is 1. The van der Waals surface area contributed by atoms with Crippen LogP contribution < -0.4 is 0 Å². The fraction of sp³-hybridized carbons (Fsp3) is 0.308. The number of carboxylic acid groups (broad SMARTS) is 1. The average molecular weight is 329 g/mol. The van der Waals surface area contributed by atoms with E-state index >= 15 is 0 Å². The molecule has 0 amide bonds. The summed E-state index contributed by atoms with van der Waals surface area (Å²) in [4.78, 5) is 26.7. The highest BCUT2D eigenvalue weighted by Gasteiger charge is 2.17. The van der Waals surface area contributed by atoms with Gasteiger partial charge in [0.1, 0.15) is 12.1 Å². The molecule has 21 heavy (non-hydrogen) atoms. The molecule has 1 aromatic heterocycles. The molecule has 1 N–H and O–H groups in total.